The molecular weight excluding hydrogens is 439 g/mol. The van der Waals surface area contributed by atoms with Crippen LogP contribution in [0.5, 0.6) is 0 Å². The third-order valence-electron chi connectivity index (χ3n) is 4.62. The molecule has 1 N–H and O–H groups in total. The van der Waals surface area contributed by atoms with Crippen LogP contribution >= 0.6 is 24.0 Å². The van der Waals surface area contributed by atoms with Crippen molar-refractivity contribution in [2.75, 3.05) is 45.5 Å². The van der Waals surface area contributed by atoms with Crippen LogP contribution in [0.4, 0.5) is 0 Å². The molecule has 1 fully saturated rings. The molecule has 0 saturated carbocycles. The molecule has 0 radical (unpaired) electrons. The van der Waals surface area contributed by atoms with Crippen LogP contribution in [0.15, 0.2) is 17.1 Å². The molecule has 1 atom stereocenters. The van der Waals surface area contributed by atoms with Gasteiger partial charge < -0.3 is 10.2 Å². The van der Waals surface area contributed by atoms with Crippen LogP contribution in [0.1, 0.15) is 27.2 Å². The highest BCUT2D eigenvalue weighted by Crippen LogP contribution is 2.18. The number of hydrogen-bond donors (Lipinski definition) is 1. The molecule has 0 aliphatic carbocycles. The van der Waals surface area contributed by atoms with Crippen molar-refractivity contribution >= 4 is 39.8 Å². The molecule has 0 amide bonds. The molecule has 2 heterocycles. The number of rotatable bonds is 4. The predicted octanol–water partition coefficient (Wildman–Crippen LogP) is 1.34. The van der Waals surface area contributed by atoms with E-state index < -0.39 is 14.6 Å². The van der Waals surface area contributed by atoms with Crippen molar-refractivity contribution in [2.45, 2.75) is 38.0 Å². The molecule has 2 rings (SSSR count). The Kier molecular flexibility index (Phi) is 7.99. The summed E-state index contributed by atoms with van der Waals surface area (Å²) < 4.78 is 23.6. The second-order valence-corrected chi connectivity index (χ2v) is 10.1. The Labute approximate surface area is 163 Å². The standard InChI is InChI=1S/C16H30N4O2S.HI/c1-16(2,3)23(21,22)12-8-18-15(17-4)20-11-7-14(13-20)19-9-5-6-10-19;/h5-6,14H,7-13H2,1-4H3,(H,17,18);1H. The molecule has 8 heteroatoms. The van der Waals surface area contributed by atoms with Gasteiger partial charge in [0, 0.05) is 45.8 Å². The predicted molar refractivity (Wildman–Crippen MR) is 111 cm³/mol. The van der Waals surface area contributed by atoms with Crippen molar-refractivity contribution in [2.24, 2.45) is 4.99 Å². The minimum absolute atomic E-state index is 0. The highest BCUT2D eigenvalue weighted by Gasteiger charge is 2.31. The molecule has 0 bridgehead atoms. The van der Waals surface area contributed by atoms with Crippen LogP contribution in [-0.4, -0.2) is 80.5 Å². The van der Waals surface area contributed by atoms with Crippen LogP contribution < -0.4 is 5.32 Å². The summed E-state index contributed by atoms with van der Waals surface area (Å²) in [6.07, 6.45) is 5.56. The van der Waals surface area contributed by atoms with E-state index in [2.05, 4.69) is 32.3 Å². The summed E-state index contributed by atoms with van der Waals surface area (Å²) in [5, 5.41) is 3.21. The SMILES string of the molecule is CN=C(NCCS(=O)(=O)C(C)(C)C)N1CCC(N2CC=CC2)C1.I. The number of hydrogen-bond acceptors (Lipinski definition) is 4. The fourth-order valence-electron chi connectivity index (χ4n) is 2.96. The topological polar surface area (TPSA) is 65.0 Å². The molecule has 0 aromatic carbocycles. The van der Waals surface area contributed by atoms with Crippen molar-refractivity contribution in [3.8, 4) is 0 Å². The van der Waals surface area contributed by atoms with E-state index in [0.717, 1.165) is 38.6 Å². The van der Waals surface area contributed by atoms with Gasteiger partial charge in [-0.1, -0.05) is 12.2 Å². The minimum atomic E-state index is -3.10. The number of guanidine groups is 1. The number of nitrogens with zero attached hydrogens (tertiary/aromatic N) is 3. The van der Waals surface area contributed by atoms with Crippen LogP contribution in [0, 0.1) is 0 Å². The maximum Gasteiger partial charge on any atom is 0.193 e. The Morgan fingerprint density at radius 1 is 1.29 bits per heavy atom. The van der Waals surface area contributed by atoms with Gasteiger partial charge in [0.05, 0.1) is 10.5 Å². The molecule has 6 nitrogen and oxygen atoms in total. The molecule has 1 saturated heterocycles. The molecule has 2 aliphatic rings. The van der Waals surface area contributed by atoms with Gasteiger partial charge in [-0.25, -0.2) is 8.42 Å². The van der Waals surface area contributed by atoms with Crippen molar-refractivity contribution in [1.29, 1.82) is 0 Å². The number of halogens is 1. The van der Waals surface area contributed by atoms with Crippen molar-refractivity contribution < 1.29 is 8.42 Å². The third kappa shape index (κ3) is 5.32. The van der Waals surface area contributed by atoms with E-state index in [1.165, 1.54) is 0 Å². The van der Waals surface area contributed by atoms with Gasteiger partial charge in [0.15, 0.2) is 15.8 Å². The molecule has 2 aliphatic heterocycles. The van der Waals surface area contributed by atoms with E-state index in [1.54, 1.807) is 27.8 Å². The van der Waals surface area contributed by atoms with Gasteiger partial charge in [-0.2, -0.15) is 0 Å². The van der Waals surface area contributed by atoms with E-state index in [-0.39, 0.29) is 29.7 Å². The summed E-state index contributed by atoms with van der Waals surface area (Å²) in [6.45, 7) is 9.62. The molecule has 0 aromatic rings. The number of likely N-dealkylation sites (tertiary alicyclic amines) is 1. The molecule has 1 unspecified atom stereocenters. The van der Waals surface area contributed by atoms with Gasteiger partial charge in [0.1, 0.15) is 0 Å². The van der Waals surface area contributed by atoms with Crippen molar-refractivity contribution in [3.05, 3.63) is 12.2 Å². The maximum atomic E-state index is 12.2. The summed E-state index contributed by atoms with van der Waals surface area (Å²) in [7, 11) is -1.35. The summed E-state index contributed by atoms with van der Waals surface area (Å²) >= 11 is 0. The summed E-state index contributed by atoms with van der Waals surface area (Å²) in [6, 6.07) is 0.557. The minimum Gasteiger partial charge on any atom is -0.355 e. The Morgan fingerprint density at radius 3 is 2.46 bits per heavy atom. The smallest absolute Gasteiger partial charge is 0.193 e. The lowest BCUT2D eigenvalue weighted by molar-refractivity contribution is 0.259. The Balaban J connectivity index is 0.00000288. The zero-order chi connectivity index (χ0) is 17.1. The van der Waals surface area contributed by atoms with Crippen molar-refractivity contribution in [3.63, 3.8) is 0 Å². The largest absolute Gasteiger partial charge is 0.355 e. The quantitative estimate of drug-likeness (QED) is 0.291. The first-order valence-electron chi connectivity index (χ1n) is 8.31. The van der Waals surface area contributed by atoms with Gasteiger partial charge in [0.25, 0.3) is 0 Å². The van der Waals surface area contributed by atoms with E-state index in [9.17, 15) is 8.42 Å². The van der Waals surface area contributed by atoms with E-state index in [1.807, 2.05) is 0 Å². The Hall–Kier alpha value is -0.350. The average molecular weight is 470 g/mol. The van der Waals surface area contributed by atoms with Gasteiger partial charge in [-0.15, -0.1) is 24.0 Å². The van der Waals surface area contributed by atoms with Crippen LogP contribution in [0.2, 0.25) is 0 Å². The number of aliphatic imine (C=N–C) groups is 1. The lowest BCUT2D eigenvalue weighted by Gasteiger charge is -2.26. The molecule has 0 aromatic heterocycles. The second-order valence-electron chi connectivity index (χ2n) is 7.22. The second kappa shape index (κ2) is 8.84. The van der Waals surface area contributed by atoms with E-state index in [4.69, 9.17) is 0 Å². The van der Waals surface area contributed by atoms with E-state index >= 15 is 0 Å². The molecule has 140 valence electrons. The maximum absolute atomic E-state index is 12.2. The third-order valence-corrected chi connectivity index (χ3v) is 7.23. The van der Waals surface area contributed by atoms with Gasteiger partial charge in [-0.05, 0) is 27.2 Å². The summed E-state index contributed by atoms with van der Waals surface area (Å²) in [4.78, 5) is 9.01. The van der Waals surface area contributed by atoms with Crippen LogP contribution in [0.25, 0.3) is 0 Å². The fraction of sp³-hybridized carbons (Fsp3) is 0.812. The highest BCUT2D eigenvalue weighted by atomic mass is 127. The normalized spacial score (nSPS) is 22.8. The summed E-state index contributed by atoms with van der Waals surface area (Å²) in [5.41, 5.74) is 0. The summed E-state index contributed by atoms with van der Waals surface area (Å²) in [5.74, 6) is 0.937. The first kappa shape index (κ1) is 21.7. The first-order chi connectivity index (χ1) is 10.7. The van der Waals surface area contributed by atoms with Gasteiger partial charge in [0.2, 0.25) is 0 Å². The monoisotopic (exact) mass is 470 g/mol. The van der Waals surface area contributed by atoms with Gasteiger partial charge >= 0.3 is 0 Å². The fourth-order valence-corrected chi connectivity index (χ4v) is 3.94. The lowest BCUT2D eigenvalue weighted by Crippen LogP contribution is -2.45. The zero-order valence-corrected chi connectivity index (χ0v) is 18.3. The zero-order valence-electron chi connectivity index (χ0n) is 15.2. The van der Waals surface area contributed by atoms with Gasteiger partial charge in [-0.3, -0.25) is 9.89 Å². The lowest BCUT2D eigenvalue weighted by atomic mass is 10.2. The average Bonchev–Trinajstić information content (AvgIpc) is 3.12. The Bertz CT molecular complexity index is 561. The first-order valence-corrected chi connectivity index (χ1v) is 9.97. The number of nitrogens with one attached hydrogen (secondary N) is 1. The molecule has 0 spiro atoms. The number of sulfone groups is 1. The van der Waals surface area contributed by atoms with Crippen LogP contribution in [-0.2, 0) is 9.84 Å². The Morgan fingerprint density at radius 2 is 1.92 bits per heavy atom. The van der Waals surface area contributed by atoms with E-state index in [0.29, 0.717) is 12.6 Å². The molecular formula is C16H31IN4O2S. The van der Waals surface area contributed by atoms with Crippen molar-refractivity contribution in [1.82, 2.24) is 15.1 Å². The van der Waals surface area contributed by atoms with Crippen LogP contribution in [0.3, 0.4) is 0 Å². The molecule has 24 heavy (non-hydrogen) atoms. The highest BCUT2D eigenvalue weighted by molar-refractivity contribution is 14.0.